The van der Waals surface area contributed by atoms with Crippen molar-refractivity contribution < 1.29 is 19.6 Å². The first kappa shape index (κ1) is 28.6. The van der Waals surface area contributed by atoms with Gasteiger partial charge >= 0.3 is 0 Å². The largest absolute Gasteiger partial charge is 0.357 e. The molecule has 0 saturated heterocycles. The molecule has 0 unspecified atom stereocenters. The average Bonchev–Trinajstić information content (AvgIpc) is 2.83. The van der Waals surface area contributed by atoms with Crippen LogP contribution in [0.3, 0.4) is 0 Å². The monoisotopic (exact) mass is 461 g/mol. The van der Waals surface area contributed by atoms with E-state index < -0.39 is 17.9 Å². The van der Waals surface area contributed by atoms with Crippen molar-refractivity contribution in [1.82, 2.24) is 16.1 Å². The maximum Gasteiger partial charge on any atom is 0.244 e. The molecule has 3 amide bonds. The molecule has 1 aromatic carbocycles. The average molecular weight is 462 g/mol. The molecule has 1 aromatic rings. The summed E-state index contributed by atoms with van der Waals surface area (Å²) in [6, 6.07) is 8.75. The molecular weight excluding hydrogens is 418 g/mol. The normalized spacial score (nSPS) is 12.6. The summed E-state index contributed by atoms with van der Waals surface area (Å²) in [5, 5.41) is 14.3. The van der Waals surface area contributed by atoms with Crippen molar-refractivity contribution in [2.24, 2.45) is 5.92 Å². The van der Waals surface area contributed by atoms with Gasteiger partial charge in [0.05, 0.1) is 0 Å². The van der Waals surface area contributed by atoms with E-state index in [0.717, 1.165) is 24.8 Å². The van der Waals surface area contributed by atoms with Crippen LogP contribution >= 0.6 is 0 Å². The number of rotatable bonds is 18. The number of hydrogen-bond acceptors (Lipinski definition) is 4. The Hall–Kier alpha value is -2.41. The van der Waals surface area contributed by atoms with Gasteiger partial charge in [-0.05, 0) is 12.0 Å². The van der Waals surface area contributed by atoms with E-state index in [4.69, 9.17) is 5.21 Å². The number of benzene rings is 1. The van der Waals surface area contributed by atoms with Crippen LogP contribution in [0.15, 0.2) is 30.3 Å². The predicted molar refractivity (Wildman–Crippen MR) is 131 cm³/mol. The lowest BCUT2D eigenvalue weighted by atomic mass is 9.94. The van der Waals surface area contributed by atoms with Crippen LogP contribution < -0.4 is 16.1 Å². The van der Waals surface area contributed by atoms with E-state index >= 15 is 0 Å². The van der Waals surface area contributed by atoms with Crippen molar-refractivity contribution in [1.29, 1.82) is 0 Å². The van der Waals surface area contributed by atoms with E-state index in [0.29, 0.717) is 12.8 Å². The molecule has 186 valence electrons. The van der Waals surface area contributed by atoms with Gasteiger partial charge in [-0.15, -0.1) is 0 Å². The van der Waals surface area contributed by atoms with Crippen molar-refractivity contribution in [2.75, 3.05) is 7.05 Å². The standard InChI is InChI=1S/C26H43N3O4/c1-3-4-5-6-7-8-9-10-11-15-18-22(20-24(30)29-33)25(31)28-23(26(32)27-2)19-21-16-13-12-14-17-21/h12-14,16-17,22-23,33H,3-11,15,18-20H2,1-2H3,(H,27,32)(H,28,31)(H,29,30)/t22-,23+/m1/s1. The second-order valence-corrected chi connectivity index (χ2v) is 8.77. The zero-order valence-corrected chi connectivity index (χ0v) is 20.4. The lowest BCUT2D eigenvalue weighted by Crippen LogP contribution is -2.49. The van der Waals surface area contributed by atoms with Gasteiger partial charge in [-0.2, -0.15) is 0 Å². The van der Waals surface area contributed by atoms with Gasteiger partial charge < -0.3 is 10.6 Å². The summed E-state index contributed by atoms with van der Waals surface area (Å²) in [6.07, 6.45) is 12.7. The molecule has 0 aliphatic heterocycles. The minimum absolute atomic E-state index is 0.106. The number of amides is 3. The van der Waals surface area contributed by atoms with Gasteiger partial charge in [-0.3, -0.25) is 19.6 Å². The first-order valence-electron chi connectivity index (χ1n) is 12.5. The lowest BCUT2D eigenvalue weighted by molar-refractivity contribution is -0.136. The molecule has 0 heterocycles. The quantitative estimate of drug-likeness (QED) is 0.149. The second-order valence-electron chi connectivity index (χ2n) is 8.77. The number of carbonyl (C=O) groups is 3. The number of unbranched alkanes of at least 4 members (excludes halogenated alkanes) is 9. The number of carbonyl (C=O) groups excluding carboxylic acids is 3. The Labute approximate surface area is 199 Å². The van der Waals surface area contributed by atoms with E-state index in [-0.39, 0.29) is 18.2 Å². The predicted octanol–water partition coefficient (Wildman–Crippen LogP) is 4.28. The summed E-state index contributed by atoms with van der Waals surface area (Å²) >= 11 is 0. The molecule has 2 atom stereocenters. The number of hydrogen-bond donors (Lipinski definition) is 4. The van der Waals surface area contributed by atoms with Crippen molar-refractivity contribution in [3.8, 4) is 0 Å². The van der Waals surface area contributed by atoms with Gasteiger partial charge in [0.1, 0.15) is 6.04 Å². The Morgan fingerprint density at radius 1 is 0.848 bits per heavy atom. The van der Waals surface area contributed by atoms with Crippen molar-refractivity contribution in [3.63, 3.8) is 0 Å². The van der Waals surface area contributed by atoms with Crippen LogP contribution in [-0.2, 0) is 20.8 Å². The Morgan fingerprint density at radius 3 is 1.97 bits per heavy atom. The summed E-state index contributed by atoms with van der Waals surface area (Å²) in [5.74, 6) is -1.80. The Morgan fingerprint density at radius 2 is 1.42 bits per heavy atom. The van der Waals surface area contributed by atoms with E-state index in [1.165, 1.54) is 52.0 Å². The van der Waals surface area contributed by atoms with E-state index in [2.05, 4.69) is 17.6 Å². The summed E-state index contributed by atoms with van der Waals surface area (Å²) in [4.78, 5) is 37.1. The van der Waals surface area contributed by atoms with Gasteiger partial charge in [0.2, 0.25) is 17.7 Å². The van der Waals surface area contributed by atoms with E-state index in [1.807, 2.05) is 30.3 Å². The number of nitrogens with one attached hydrogen (secondary N) is 3. The van der Waals surface area contributed by atoms with Crippen LogP contribution in [0.5, 0.6) is 0 Å². The topological polar surface area (TPSA) is 108 Å². The molecular formula is C26H43N3O4. The molecule has 1 rings (SSSR count). The smallest absolute Gasteiger partial charge is 0.244 e. The van der Waals surface area contributed by atoms with Crippen LogP contribution in [0.25, 0.3) is 0 Å². The summed E-state index contributed by atoms with van der Waals surface area (Å²) in [6.45, 7) is 2.22. The van der Waals surface area contributed by atoms with Crippen LogP contribution in [0.1, 0.15) is 89.5 Å². The van der Waals surface area contributed by atoms with Gasteiger partial charge in [-0.1, -0.05) is 101 Å². The molecule has 33 heavy (non-hydrogen) atoms. The van der Waals surface area contributed by atoms with Crippen LogP contribution in [-0.4, -0.2) is 36.0 Å². The first-order chi connectivity index (χ1) is 16.0. The Kier molecular flexibility index (Phi) is 15.7. The maximum absolute atomic E-state index is 13.0. The third-order valence-corrected chi connectivity index (χ3v) is 6.00. The Bertz CT molecular complexity index is 681. The number of hydroxylamine groups is 1. The van der Waals surface area contributed by atoms with Crippen molar-refractivity contribution >= 4 is 17.7 Å². The highest BCUT2D eigenvalue weighted by Gasteiger charge is 2.26. The van der Waals surface area contributed by atoms with Gasteiger partial charge in [0, 0.05) is 25.8 Å². The maximum atomic E-state index is 13.0. The molecule has 0 aliphatic rings. The van der Waals surface area contributed by atoms with Crippen molar-refractivity contribution in [2.45, 2.75) is 96.4 Å². The fraction of sp³-hybridized carbons (Fsp3) is 0.654. The van der Waals surface area contributed by atoms with Crippen LogP contribution in [0.2, 0.25) is 0 Å². The minimum Gasteiger partial charge on any atom is -0.357 e. The molecule has 7 nitrogen and oxygen atoms in total. The van der Waals surface area contributed by atoms with Crippen molar-refractivity contribution in [3.05, 3.63) is 35.9 Å². The molecule has 0 aromatic heterocycles. The molecule has 0 spiro atoms. The molecule has 0 fully saturated rings. The first-order valence-corrected chi connectivity index (χ1v) is 12.5. The molecule has 4 N–H and O–H groups in total. The second kappa shape index (κ2) is 18.1. The highest BCUT2D eigenvalue weighted by Crippen LogP contribution is 2.17. The summed E-state index contributed by atoms with van der Waals surface area (Å²) in [7, 11) is 1.53. The van der Waals surface area contributed by atoms with Gasteiger partial charge in [0.25, 0.3) is 0 Å². The SMILES string of the molecule is CCCCCCCCCCCC[C@H](CC(=O)NO)C(=O)N[C@@H](Cc1ccccc1)C(=O)NC. The third-order valence-electron chi connectivity index (χ3n) is 6.00. The van der Waals surface area contributed by atoms with Gasteiger partial charge in [-0.25, -0.2) is 5.48 Å². The van der Waals surface area contributed by atoms with Crippen LogP contribution in [0, 0.1) is 5.92 Å². The summed E-state index contributed by atoms with van der Waals surface area (Å²) < 4.78 is 0. The van der Waals surface area contributed by atoms with E-state index in [9.17, 15) is 14.4 Å². The van der Waals surface area contributed by atoms with Crippen LogP contribution in [0.4, 0.5) is 0 Å². The molecule has 0 saturated carbocycles. The zero-order chi connectivity index (χ0) is 24.3. The highest BCUT2D eigenvalue weighted by molar-refractivity contribution is 5.90. The van der Waals surface area contributed by atoms with Gasteiger partial charge in [0.15, 0.2) is 0 Å². The highest BCUT2D eigenvalue weighted by atomic mass is 16.5. The molecule has 0 bridgehead atoms. The molecule has 0 radical (unpaired) electrons. The Balaban J connectivity index is 2.53. The lowest BCUT2D eigenvalue weighted by Gasteiger charge is -2.22. The fourth-order valence-electron chi connectivity index (χ4n) is 4.00. The van der Waals surface area contributed by atoms with E-state index in [1.54, 1.807) is 5.48 Å². The summed E-state index contributed by atoms with van der Waals surface area (Å²) in [5.41, 5.74) is 2.55. The molecule has 0 aliphatic carbocycles. The third kappa shape index (κ3) is 13.0. The fourth-order valence-corrected chi connectivity index (χ4v) is 4.00. The minimum atomic E-state index is -0.725. The number of likely N-dealkylation sites (N-methyl/N-ethyl adjacent to an activating group) is 1. The molecule has 7 heteroatoms. The zero-order valence-electron chi connectivity index (χ0n) is 20.4.